The molecule has 7 nitrogen and oxygen atoms in total. The number of aromatic nitrogens is 2. The monoisotopic (exact) mass is 278 g/mol. The van der Waals surface area contributed by atoms with Crippen molar-refractivity contribution in [1.82, 2.24) is 15.3 Å². The summed E-state index contributed by atoms with van der Waals surface area (Å²) in [5, 5.41) is 5.11. The maximum atomic E-state index is 12.5. The molecular weight excluding hydrogens is 265 g/mol. The zero-order valence-electron chi connectivity index (χ0n) is 10.0. The fourth-order valence-corrected chi connectivity index (χ4v) is 1.17. The second-order valence-corrected chi connectivity index (χ2v) is 3.51. The Labute approximate surface area is 106 Å². The van der Waals surface area contributed by atoms with Crippen molar-refractivity contribution in [2.24, 2.45) is 5.84 Å². The van der Waals surface area contributed by atoms with E-state index in [1.807, 2.05) is 5.43 Å². The Morgan fingerprint density at radius 3 is 2.47 bits per heavy atom. The highest BCUT2D eigenvalue weighted by Gasteiger charge is 2.35. The molecule has 1 rings (SSSR count). The maximum absolute atomic E-state index is 12.5. The molecule has 0 saturated carbocycles. The standard InChI is InChI=1S/C9H13F3N6O/c1-5(19)14-2-3-15-6-4-7(18-13)17-8(16-6)9(10,11)12/h4H,2-3,13H2,1H3,(H,14,19)(H2,15,16,17,18). The molecule has 0 bridgehead atoms. The van der Waals surface area contributed by atoms with Gasteiger partial charge in [0.25, 0.3) is 0 Å². The number of alkyl halides is 3. The summed E-state index contributed by atoms with van der Waals surface area (Å²) in [5.74, 6) is 3.30. The van der Waals surface area contributed by atoms with E-state index in [1.54, 1.807) is 0 Å². The molecule has 0 atom stereocenters. The lowest BCUT2D eigenvalue weighted by atomic mass is 10.4. The van der Waals surface area contributed by atoms with Crippen LogP contribution >= 0.6 is 0 Å². The summed E-state index contributed by atoms with van der Waals surface area (Å²) >= 11 is 0. The van der Waals surface area contributed by atoms with Gasteiger partial charge in [0.15, 0.2) is 0 Å². The number of carbonyl (C=O) groups is 1. The molecule has 0 radical (unpaired) electrons. The second-order valence-electron chi connectivity index (χ2n) is 3.51. The topological polar surface area (TPSA) is 105 Å². The Bertz CT molecular complexity index is 450. The average Bonchev–Trinajstić information content (AvgIpc) is 2.33. The van der Waals surface area contributed by atoms with Crippen LogP contribution in [0.3, 0.4) is 0 Å². The van der Waals surface area contributed by atoms with Crippen LogP contribution in [0.2, 0.25) is 0 Å². The van der Waals surface area contributed by atoms with Gasteiger partial charge < -0.3 is 16.1 Å². The van der Waals surface area contributed by atoms with E-state index in [0.717, 1.165) is 0 Å². The number of hydrogen-bond acceptors (Lipinski definition) is 6. The number of nitrogens with one attached hydrogen (secondary N) is 3. The zero-order valence-corrected chi connectivity index (χ0v) is 10.0. The number of anilines is 2. The summed E-state index contributed by atoms with van der Waals surface area (Å²) in [5.41, 5.74) is 2.03. The van der Waals surface area contributed by atoms with Crippen molar-refractivity contribution in [2.75, 3.05) is 23.8 Å². The number of hydrogen-bond donors (Lipinski definition) is 4. The molecule has 1 amide bonds. The van der Waals surface area contributed by atoms with Crippen LogP contribution in [0, 0.1) is 0 Å². The van der Waals surface area contributed by atoms with Crippen molar-refractivity contribution >= 4 is 17.5 Å². The van der Waals surface area contributed by atoms with Gasteiger partial charge >= 0.3 is 6.18 Å². The Hall–Kier alpha value is -2.10. The number of carbonyl (C=O) groups excluding carboxylic acids is 1. The summed E-state index contributed by atoms with van der Waals surface area (Å²) in [4.78, 5) is 17.1. The number of halogens is 3. The first kappa shape index (κ1) is 15.0. The third-order valence-corrected chi connectivity index (χ3v) is 1.93. The van der Waals surface area contributed by atoms with Gasteiger partial charge in [0.05, 0.1) is 0 Å². The lowest BCUT2D eigenvalue weighted by Crippen LogP contribution is -2.27. The number of nitrogens with zero attached hydrogens (tertiary/aromatic N) is 2. The first-order chi connectivity index (χ1) is 8.82. The van der Waals surface area contributed by atoms with Gasteiger partial charge in [0.1, 0.15) is 11.6 Å². The highest BCUT2D eigenvalue weighted by atomic mass is 19.4. The average molecular weight is 278 g/mol. The molecule has 5 N–H and O–H groups in total. The third kappa shape index (κ3) is 4.95. The highest BCUT2D eigenvalue weighted by Crippen LogP contribution is 2.27. The molecule has 1 aromatic rings. The summed E-state index contributed by atoms with van der Waals surface area (Å²) in [6, 6.07) is 1.23. The molecule has 0 saturated heterocycles. The summed E-state index contributed by atoms with van der Waals surface area (Å²) in [6.45, 7) is 1.81. The fourth-order valence-electron chi connectivity index (χ4n) is 1.17. The van der Waals surface area contributed by atoms with Crippen molar-refractivity contribution in [3.63, 3.8) is 0 Å². The molecule has 10 heteroatoms. The maximum Gasteiger partial charge on any atom is 0.451 e. The summed E-state index contributed by atoms with van der Waals surface area (Å²) in [6.07, 6.45) is -4.67. The Kier molecular flexibility index (Phi) is 4.87. The first-order valence-electron chi connectivity index (χ1n) is 5.24. The molecule has 1 aromatic heterocycles. The van der Waals surface area contributed by atoms with Crippen molar-refractivity contribution < 1.29 is 18.0 Å². The molecule has 0 fully saturated rings. The van der Waals surface area contributed by atoms with Gasteiger partial charge in [0, 0.05) is 26.1 Å². The highest BCUT2D eigenvalue weighted by molar-refractivity contribution is 5.72. The van der Waals surface area contributed by atoms with Gasteiger partial charge in [-0.15, -0.1) is 0 Å². The second kappa shape index (κ2) is 6.18. The summed E-state index contributed by atoms with van der Waals surface area (Å²) < 4.78 is 37.5. The molecule has 1 heterocycles. The van der Waals surface area contributed by atoms with Crippen LogP contribution in [0.5, 0.6) is 0 Å². The minimum Gasteiger partial charge on any atom is -0.368 e. The van der Waals surface area contributed by atoms with E-state index >= 15 is 0 Å². The van der Waals surface area contributed by atoms with Crippen LogP contribution in [-0.2, 0) is 11.0 Å². The van der Waals surface area contributed by atoms with Crippen molar-refractivity contribution in [1.29, 1.82) is 0 Å². The molecule has 19 heavy (non-hydrogen) atoms. The predicted octanol–water partition coefficient (Wildman–Crippen LogP) is 0.329. The largest absolute Gasteiger partial charge is 0.451 e. The number of amides is 1. The lowest BCUT2D eigenvalue weighted by Gasteiger charge is -2.11. The number of hydrazine groups is 1. The molecule has 0 aliphatic heterocycles. The minimum absolute atomic E-state index is 0.0411. The quantitative estimate of drug-likeness (QED) is 0.351. The SMILES string of the molecule is CC(=O)NCCNc1cc(NN)nc(C(F)(F)F)n1. The molecule has 0 aliphatic carbocycles. The summed E-state index contributed by atoms with van der Waals surface area (Å²) in [7, 11) is 0. The van der Waals surface area contributed by atoms with Crippen LogP contribution in [0.25, 0.3) is 0 Å². The van der Waals surface area contributed by atoms with Crippen LogP contribution in [0.1, 0.15) is 12.7 Å². The van der Waals surface area contributed by atoms with Crippen LogP contribution in [0.4, 0.5) is 24.8 Å². The Morgan fingerprint density at radius 2 is 1.95 bits per heavy atom. The lowest BCUT2D eigenvalue weighted by molar-refractivity contribution is -0.144. The van der Waals surface area contributed by atoms with E-state index in [4.69, 9.17) is 5.84 Å². The van der Waals surface area contributed by atoms with E-state index in [-0.39, 0.29) is 30.6 Å². The molecule has 0 unspecified atom stereocenters. The molecular formula is C9H13F3N6O. The first-order valence-corrected chi connectivity index (χ1v) is 5.24. The predicted molar refractivity (Wildman–Crippen MR) is 62.0 cm³/mol. The number of nitrogens with two attached hydrogens (primary N) is 1. The smallest absolute Gasteiger partial charge is 0.368 e. The number of nitrogen functional groups attached to an aromatic ring is 1. The third-order valence-electron chi connectivity index (χ3n) is 1.93. The van der Waals surface area contributed by atoms with Gasteiger partial charge in [-0.25, -0.2) is 15.8 Å². The molecule has 0 spiro atoms. The van der Waals surface area contributed by atoms with Crippen LogP contribution < -0.4 is 21.9 Å². The van der Waals surface area contributed by atoms with E-state index in [9.17, 15) is 18.0 Å². The van der Waals surface area contributed by atoms with Gasteiger partial charge in [0.2, 0.25) is 11.7 Å². The van der Waals surface area contributed by atoms with Gasteiger partial charge in [-0.05, 0) is 0 Å². The van der Waals surface area contributed by atoms with Crippen molar-refractivity contribution in [3.05, 3.63) is 11.9 Å². The van der Waals surface area contributed by atoms with E-state index < -0.39 is 12.0 Å². The number of rotatable bonds is 5. The van der Waals surface area contributed by atoms with Crippen LogP contribution in [0.15, 0.2) is 6.07 Å². The van der Waals surface area contributed by atoms with Gasteiger partial charge in [-0.2, -0.15) is 13.2 Å². The molecule has 0 aliphatic rings. The van der Waals surface area contributed by atoms with Crippen LogP contribution in [-0.4, -0.2) is 29.0 Å². The minimum atomic E-state index is -4.67. The van der Waals surface area contributed by atoms with Crippen molar-refractivity contribution in [2.45, 2.75) is 13.1 Å². The normalized spacial score (nSPS) is 11.0. The van der Waals surface area contributed by atoms with E-state index in [0.29, 0.717) is 0 Å². The van der Waals surface area contributed by atoms with E-state index in [2.05, 4.69) is 20.6 Å². The Morgan fingerprint density at radius 1 is 1.32 bits per heavy atom. The zero-order chi connectivity index (χ0) is 14.5. The fraction of sp³-hybridized carbons (Fsp3) is 0.444. The molecule has 0 aromatic carbocycles. The van der Waals surface area contributed by atoms with E-state index in [1.165, 1.54) is 13.0 Å². The molecule has 106 valence electrons. The van der Waals surface area contributed by atoms with Gasteiger partial charge in [-0.1, -0.05) is 0 Å². The van der Waals surface area contributed by atoms with Gasteiger partial charge in [-0.3, -0.25) is 4.79 Å². The van der Waals surface area contributed by atoms with Crippen molar-refractivity contribution in [3.8, 4) is 0 Å². The Balaban J connectivity index is 2.74.